The van der Waals surface area contributed by atoms with Gasteiger partial charge in [0.25, 0.3) is 0 Å². The highest BCUT2D eigenvalue weighted by atomic mass is 16.5. The minimum absolute atomic E-state index is 0.00710. The fraction of sp³-hybridized carbons (Fsp3) is 0.294. The summed E-state index contributed by atoms with van der Waals surface area (Å²) >= 11 is 0. The van der Waals surface area contributed by atoms with Crippen LogP contribution in [0.5, 0.6) is 5.75 Å². The van der Waals surface area contributed by atoms with Crippen LogP contribution >= 0.6 is 0 Å². The van der Waals surface area contributed by atoms with Crippen LogP contribution < -0.4 is 4.74 Å². The normalized spacial score (nSPS) is 10.7. The van der Waals surface area contributed by atoms with E-state index in [-0.39, 0.29) is 12.5 Å². The van der Waals surface area contributed by atoms with Crippen molar-refractivity contribution in [3.05, 3.63) is 47.9 Å². The molecule has 1 aromatic carbocycles. The summed E-state index contributed by atoms with van der Waals surface area (Å²) in [6.45, 7) is 2.27. The summed E-state index contributed by atoms with van der Waals surface area (Å²) in [5, 5.41) is 12.2. The van der Waals surface area contributed by atoms with Crippen molar-refractivity contribution in [2.45, 2.75) is 20.0 Å². The van der Waals surface area contributed by atoms with Gasteiger partial charge < -0.3 is 14.1 Å². The van der Waals surface area contributed by atoms with Gasteiger partial charge in [0.2, 0.25) is 11.7 Å². The number of ether oxygens (including phenoxy) is 1. The second-order valence-corrected chi connectivity index (χ2v) is 5.64. The fourth-order valence-corrected chi connectivity index (χ4v) is 2.32. The molecule has 0 unspecified atom stereocenters. The molecule has 130 valence electrons. The first kappa shape index (κ1) is 16.7. The smallest absolute Gasteiger partial charge is 0.246 e. The molecule has 2 heterocycles. The Hall–Kier alpha value is -3.16. The van der Waals surface area contributed by atoms with Crippen LogP contribution in [-0.4, -0.2) is 45.2 Å². The van der Waals surface area contributed by atoms with Gasteiger partial charge in [-0.05, 0) is 36.4 Å². The molecule has 0 saturated carbocycles. The van der Waals surface area contributed by atoms with Gasteiger partial charge in [0, 0.05) is 12.6 Å². The van der Waals surface area contributed by atoms with Crippen LogP contribution in [-0.2, 0) is 17.9 Å². The Labute approximate surface area is 145 Å². The van der Waals surface area contributed by atoms with Crippen molar-refractivity contribution >= 4 is 5.91 Å². The van der Waals surface area contributed by atoms with Gasteiger partial charge in [0.1, 0.15) is 23.8 Å². The topological polar surface area (TPSA) is 86.3 Å². The number of aromatic nitrogens is 4. The third-order valence-electron chi connectivity index (χ3n) is 3.67. The number of nitrogens with zero attached hydrogens (tertiary/aromatic N) is 5. The maximum atomic E-state index is 12.3. The number of tetrazole rings is 1. The molecular weight excluding hydrogens is 322 g/mol. The Morgan fingerprint density at radius 1 is 1.32 bits per heavy atom. The molecule has 8 heteroatoms. The highest BCUT2D eigenvalue weighted by molar-refractivity contribution is 5.75. The van der Waals surface area contributed by atoms with Crippen molar-refractivity contribution in [2.75, 3.05) is 14.2 Å². The van der Waals surface area contributed by atoms with Gasteiger partial charge in [-0.1, -0.05) is 12.1 Å². The predicted molar refractivity (Wildman–Crippen MR) is 89.7 cm³/mol. The zero-order chi connectivity index (χ0) is 17.8. The van der Waals surface area contributed by atoms with E-state index in [0.717, 1.165) is 17.1 Å². The van der Waals surface area contributed by atoms with Crippen molar-refractivity contribution in [1.29, 1.82) is 0 Å². The zero-order valence-electron chi connectivity index (χ0n) is 14.3. The van der Waals surface area contributed by atoms with Crippen LogP contribution in [0, 0.1) is 6.92 Å². The van der Waals surface area contributed by atoms with Crippen LogP contribution in [0.4, 0.5) is 0 Å². The molecule has 0 fully saturated rings. The first-order valence-corrected chi connectivity index (χ1v) is 7.76. The lowest BCUT2D eigenvalue weighted by molar-refractivity contribution is -0.131. The van der Waals surface area contributed by atoms with E-state index < -0.39 is 0 Å². The number of methoxy groups -OCH3 is 1. The number of hydrogen-bond donors (Lipinski definition) is 0. The van der Waals surface area contributed by atoms with Crippen molar-refractivity contribution in [3.8, 4) is 17.1 Å². The number of benzene rings is 1. The van der Waals surface area contributed by atoms with Gasteiger partial charge in [-0.3, -0.25) is 4.79 Å². The SMILES string of the molecule is COc1cccc(-c2nnn(CC(=O)N(C)Cc3ccc(C)o3)n2)c1. The van der Waals surface area contributed by atoms with Gasteiger partial charge in [-0.2, -0.15) is 4.80 Å². The molecule has 0 bridgehead atoms. The van der Waals surface area contributed by atoms with Crippen LogP contribution in [0.25, 0.3) is 11.4 Å². The van der Waals surface area contributed by atoms with E-state index in [1.807, 2.05) is 43.3 Å². The molecule has 25 heavy (non-hydrogen) atoms. The molecule has 3 aromatic rings. The van der Waals surface area contributed by atoms with Gasteiger partial charge >= 0.3 is 0 Å². The number of aryl methyl sites for hydroxylation is 1. The number of likely N-dealkylation sites (N-methyl/N-ethyl adjacent to an activating group) is 1. The molecule has 3 rings (SSSR count). The number of carbonyl (C=O) groups is 1. The van der Waals surface area contributed by atoms with Crippen LogP contribution in [0.3, 0.4) is 0 Å². The minimum Gasteiger partial charge on any atom is -0.497 e. The summed E-state index contributed by atoms with van der Waals surface area (Å²) < 4.78 is 10.7. The molecule has 0 aliphatic rings. The second kappa shape index (κ2) is 7.16. The van der Waals surface area contributed by atoms with Crippen LogP contribution in [0.2, 0.25) is 0 Å². The van der Waals surface area contributed by atoms with Gasteiger partial charge in [-0.15, -0.1) is 10.2 Å². The molecule has 1 amide bonds. The number of furan rings is 1. The summed E-state index contributed by atoms with van der Waals surface area (Å²) in [5.74, 6) is 2.56. The number of amides is 1. The van der Waals surface area contributed by atoms with E-state index in [2.05, 4.69) is 15.4 Å². The quantitative estimate of drug-likeness (QED) is 0.681. The Morgan fingerprint density at radius 3 is 2.88 bits per heavy atom. The molecule has 0 aliphatic heterocycles. The van der Waals surface area contributed by atoms with E-state index in [1.54, 1.807) is 19.1 Å². The van der Waals surface area contributed by atoms with Gasteiger partial charge in [-0.25, -0.2) is 0 Å². The van der Waals surface area contributed by atoms with E-state index in [4.69, 9.17) is 9.15 Å². The van der Waals surface area contributed by atoms with Gasteiger partial charge in [0.05, 0.1) is 13.7 Å². The number of hydrogen-bond acceptors (Lipinski definition) is 6. The van der Waals surface area contributed by atoms with Gasteiger partial charge in [0.15, 0.2) is 0 Å². The maximum absolute atomic E-state index is 12.3. The Balaban J connectivity index is 1.65. The van der Waals surface area contributed by atoms with E-state index in [0.29, 0.717) is 18.1 Å². The minimum atomic E-state index is -0.136. The Bertz CT molecular complexity index is 871. The standard InChI is InChI=1S/C17H19N5O3/c1-12-7-8-15(25-12)10-21(2)16(23)11-22-19-17(18-20-22)13-5-4-6-14(9-13)24-3/h4-9H,10-11H2,1-3H3. The summed E-state index contributed by atoms with van der Waals surface area (Å²) in [6, 6.07) is 11.1. The molecule has 0 aliphatic carbocycles. The van der Waals surface area contributed by atoms with E-state index in [1.165, 1.54) is 4.80 Å². The monoisotopic (exact) mass is 341 g/mol. The third kappa shape index (κ3) is 4.03. The molecule has 0 atom stereocenters. The number of rotatable bonds is 6. The fourth-order valence-electron chi connectivity index (χ4n) is 2.32. The van der Waals surface area contributed by atoms with E-state index >= 15 is 0 Å². The lowest BCUT2D eigenvalue weighted by Gasteiger charge is -2.14. The molecule has 0 radical (unpaired) electrons. The van der Waals surface area contributed by atoms with Crippen LogP contribution in [0.15, 0.2) is 40.8 Å². The molecule has 8 nitrogen and oxygen atoms in total. The molecular formula is C17H19N5O3. The summed E-state index contributed by atoms with van der Waals surface area (Å²) in [5.41, 5.74) is 0.775. The summed E-state index contributed by atoms with van der Waals surface area (Å²) in [4.78, 5) is 15.1. The third-order valence-corrected chi connectivity index (χ3v) is 3.67. The lowest BCUT2D eigenvalue weighted by Crippen LogP contribution is -2.30. The molecule has 0 N–H and O–H groups in total. The molecule has 0 saturated heterocycles. The average Bonchev–Trinajstić information content (AvgIpc) is 3.24. The Morgan fingerprint density at radius 2 is 2.16 bits per heavy atom. The average molecular weight is 341 g/mol. The Kier molecular flexibility index (Phi) is 4.78. The lowest BCUT2D eigenvalue weighted by atomic mass is 10.2. The largest absolute Gasteiger partial charge is 0.497 e. The first-order valence-electron chi connectivity index (χ1n) is 7.76. The highest BCUT2D eigenvalue weighted by Gasteiger charge is 2.14. The zero-order valence-corrected chi connectivity index (χ0v) is 14.3. The van der Waals surface area contributed by atoms with Crippen molar-refractivity contribution in [1.82, 2.24) is 25.1 Å². The van der Waals surface area contributed by atoms with Crippen molar-refractivity contribution < 1.29 is 13.9 Å². The summed E-state index contributed by atoms with van der Waals surface area (Å²) in [7, 11) is 3.30. The van der Waals surface area contributed by atoms with Crippen LogP contribution in [0.1, 0.15) is 11.5 Å². The van der Waals surface area contributed by atoms with E-state index in [9.17, 15) is 4.79 Å². The summed E-state index contributed by atoms with van der Waals surface area (Å²) in [6.07, 6.45) is 0. The molecule has 0 spiro atoms. The predicted octanol–water partition coefficient (Wildman–Crippen LogP) is 1.91. The van der Waals surface area contributed by atoms with Crippen molar-refractivity contribution in [2.24, 2.45) is 0 Å². The number of carbonyl (C=O) groups excluding carboxylic acids is 1. The first-order chi connectivity index (χ1) is 12.0. The second-order valence-electron chi connectivity index (χ2n) is 5.64. The van der Waals surface area contributed by atoms with Crippen molar-refractivity contribution in [3.63, 3.8) is 0 Å². The molecule has 2 aromatic heterocycles. The highest BCUT2D eigenvalue weighted by Crippen LogP contribution is 2.19. The maximum Gasteiger partial charge on any atom is 0.246 e.